The van der Waals surface area contributed by atoms with Crippen LogP contribution >= 0.6 is 0 Å². The molecule has 1 atom stereocenters. The fraction of sp³-hybridized carbons (Fsp3) is 0.417. The van der Waals surface area contributed by atoms with Crippen LogP contribution in [-0.2, 0) is 24.3 Å². The quantitative estimate of drug-likeness (QED) is 0.600. The van der Waals surface area contributed by atoms with Crippen molar-refractivity contribution < 1.29 is 9.32 Å². The molecule has 0 radical (unpaired) electrons. The summed E-state index contributed by atoms with van der Waals surface area (Å²) in [6.07, 6.45) is 6.72. The number of pyridine rings is 1. The van der Waals surface area contributed by atoms with E-state index in [2.05, 4.69) is 56.5 Å². The van der Waals surface area contributed by atoms with Gasteiger partial charge in [0.25, 0.3) is 0 Å². The monoisotopic (exact) mass is 419 g/mol. The number of aromatic nitrogens is 3. The molecular formula is C24H29N5O2. The van der Waals surface area contributed by atoms with Crippen molar-refractivity contribution in [3.05, 3.63) is 65.8 Å². The third kappa shape index (κ3) is 6.21. The topological polar surface area (TPSA) is 84.2 Å². The Balaban J connectivity index is 1.20. The van der Waals surface area contributed by atoms with E-state index in [1.54, 1.807) is 12.4 Å². The molecule has 162 valence electrons. The molecule has 1 N–H and O–H groups in total. The van der Waals surface area contributed by atoms with Gasteiger partial charge < -0.3 is 9.84 Å². The van der Waals surface area contributed by atoms with Gasteiger partial charge >= 0.3 is 0 Å². The molecule has 1 aliphatic rings. The number of hydrogen-bond donors (Lipinski definition) is 1. The number of nitrogens with zero attached hydrogens (tertiary/aromatic N) is 4. The van der Waals surface area contributed by atoms with E-state index in [1.165, 1.54) is 31.5 Å². The van der Waals surface area contributed by atoms with Crippen molar-refractivity contribution in [2.75, 3.05) is 13.1 Å². The third-order valence-electron chi connectivity index (χ3n) is 5.63. The van der Waals surface area contributed by atoms with Crippen molar-refractivity contribution in [2.45, 2.75) is 45.7 Å². The van der Waals surface area contributed by atoms with Gasteiger partial charge in [0.15, 0.2) is 0 Å². The first-order chi connectivity index (χ1) is 15.2. The molecule has 1 amide bonds. The zero-order valence-corrected chi connectivity index (χ0v) is 18.0. The minimum Gasteiger partial charge on any atom is -0.352 e. The van der Waals surface area contributed by atoms with Crippen LogP contribution in [0.4, 0.5) is 0 Å². The molecule has 3 heterocycles. The molecule has 1 aromatic carbocycles. The number of hydrogen-bond acceptors (Lipinski definition) is 6. The normalized spacial score (nSPS) is 16.9. The highest BCUT2D eigenvalue weighted by molar-refractivity contribution is 5.76. The summed E-state index contributed by atoms with van der Waals surface area (Å²) in [6, 6.07) is 12.2. The maximum absolute atomic E-state index is 12.2. The van der Waals surface area contributed by atoms with Crippen LogP contribution in [0.2, 0.25) is 0 Å². The molecule has 1 aliphatic heterocycles. The zero-order valence-electron chi connectivity index (χ0n) is 18.0. The summed E-state index contributed by atoms with van der Waals surface area (Å²) in [6.45, 7) is 6.22. The molecule has 3 aromatic rings. The van der Waals surface area contributed by atoms with Gasteiger partial charge in [0, 0.05) is 50.4 Å². The zero-order chi connectivity index (χ0) is 21.5. The van der Waals surface area contributed by atoms with Crippen molar-refractivity contribution in [3.8, 4) is 11.4 Å². The SMILES string of the molecule is CC1CCCN(Cc2ccc(CNC(=O)CCc3nc(-c4ccncc4)no3)cc2)C1. The van der Waals surface area contributed by atoms with Gasteiger partial charge in [0.05, 0.1) is 0 Å². The number of rotatable bonds is 8. The fourth-order valence-corrected chi connectivity index (χ4v) is 3.94. The number of carbonyl (C=O) groups excluding carboxylic acids is 1. The number of carbonyl (C=O) groups is 1. The van der Waals surface area contributed by atoms with E-state index in [0.717, 1.165) is 23.6 Å². The van der Waals surface area contributed by atoms with Crippen molar-refractivity contribution in [2.24, 2.45) is 5.92 Å². The molecule has 2 aromatic heterocycles. The van der Waals surface area contributed by atoms with Gasteiger partial charge in [-0.3, -0.25) is 14.7 Å². The first kappa shape index (κ1) is 21.2. The molecule has 4 rings (SSSR count). The fourth-order valence-electron chi connectivity index (χ4n) is 3.94. The Morgan fingerprint density at radius 3 is 2.71 bits per heavy atom. The Morgan fingerprint density at radius 2 is 1.94 bits per heavy atom. The minimum absolute atomic E-state index is 0.0324. The Bertz CT molecular complexity index is 971. The second-order valence-electron chi connectivity index (χ2n) is 8.32. The van der Waals surface area contributed by atoms with Gasteiger partial charge in [-0.2, -0.15) is 4.98 Å². The highest BCUT2D eigenvalue weighted by Gasteiger charge is 2.16. The molecule has 7 heteroatoms. The van der Waals surface area contributed by atoms with Crippen LogP contribution in [-0.4, -0.2) is 39.0 Å². The molecule has 7 nitrogen and oxygen atoms in total. The highest BCUT2D eigenvalue weighted by atomic mass is 16.5. The first-order valence-corrected chi connectivity index (χ1v) is 11.0. The molecule has 1 fully saturated rings. The molecule has 0 saturated carbocycles. The van der Waals surface area contributed by atoms with E-state index in [9.17, 15) is 4.79 Å². The van der Waals surface area contributed by atoms with Crippen LogP contribution in [0, 0.1) is 5.92 Å². The van der Waals surface area contributed by atoms with Crippen LogP contribution in [0.1, 0.15) is 43.2 Å². The summed E-state index contributed by atoms with van der Waals surface area (Å²) in [5.74, 6) is 1.72. The van der Waals surface area contributed by atoms with E-state index in [4.69, 9.17) is 4.52 Å². The van der Waals surface area contributed by atoms with Crippen LogP contribution in [0.5, 0.6) is 0 Å². The number of aryl methyl sites for hydroxylation is 1. The lowest BCUT2D eigenvalue weighted by Gasteiger charge is -2.30. The predicted octanol–water partition coefficient (Wildman–Crippen LogP) is 3.61. The maximum atomic E-state index is 12.2. The number of benzene rings is 1. The van der Waals surface area contributed by atoms with Crippen molar-refractivity contribution in [3.63, 3.8) is 0 Å². The second-order valence-corrected chi connectivity index (χ2v) is 8.32. The van der Waals surface area contributed by atoms with Gasteiger partial charge in [0.1, 0.15) is 0 Å². The Hall–Kier alpha value is -3.06. The van der Waals surface area contributed by atoms with Gasteiger partial charge in [-0.1, -0.05) is 36.3 Å². The van der Waals surface area contributed by atoms with Gasteiger partial charge in [-0.25, -0.2) is 0 Å². The lowest BCUT2D eigenvalue weighted by Crippen LogP contribution is -2.33. The number of amides is 1. The summed E-state index contributed by atoms with van der Waals surface area (Å²) in [5, 5.41) is 6.93. The van der Waals surface area contributed by atoms with E-state index in [1.807, 2.05) is 12.1 Å². The predicted molar refractivity (Wildman–Crippen MR) is 118 cm³/mol. The van der Waals surface area contributed by atoms with Crippen LogP contribution in [0.3, 0.4) is 0 Å². The summed E-state index contributed by atoms with van der Waals surface area (Å²) < 4.78 is 5.25. The average molecular weight is 420 g/mol. The number of nitrogens with one attached hydrogen (secondary N) is 1. The van der Waals surface area contributed by atoms with Crippen molar-refractivity contribution in [1.29, 1.82) is 0 Å². The van der Waals surface area contributed by atoms with E-state index in [0.29, 0.717) is 31.1 Å². The van der Waals surface area contributed by atoms with E-state index in [-0.39, 0.29) is 5.91 Å². The Labute approximate surface area is 182 Å². The van der Waals surface area contributed by atoms with Gasteiger partial charge in [-0.05, 0) is 48.6 Å². The standard InChI is InChI=1S/C24H29N5O2/c1-18-3-2-14-29(16-18)17-20-6-4-19(5-7-20)15-26-22(30)8-9-23-27-24(28-31-23)21-10-12-25-13-11-21/h4-7,10-13,18H,2-3,8-9,14-17H2,1H3,(H,26,30). The van der Waals surface area contributed by atoms with E-state index >= 15 is 0 Å². The summed E-state index contributed by atoms with van der Waals surface area (Å²) in [7, 11) is 0. The average Bonchev–Trinajstić information content (AvgIpc) is 3.27. The third-order valence-corrected chi connectivity index (χ3v) is 5.63. The van der Waals surface area contributed by atoms with E-state index < -0.39 is 0 Å². The lowest BCUT2D eigenvalue weighted by molar-refractivity contribution is -0.121. The maximum Gasteiger partial charge on any atom is 0.227 e. The molecule has 0 aliphatic carbocycles. The molecule has 1 unspecified atom stereocenters. The largest absolute Gasteiger partial charge is 0.352 e. The summed E-state index contributed by atoms with van der Waals surface area (Å²) in [5.41, 5.74) is 3.26. The molecule has 31 heavy (non-hydrogen) atoms. The minimum atomic E-state index is -0.0324. The molecular weight excluding hydrogens is 390 g/mol. The second kappa shape index (κ2) is 10.3. The van der Waals surface area contributed by atoms with Gasteiger partial charge in [0.2, 0.25) is 17.6 Å². The van der Waals surface area contributed by atoms with Crippen LogP contribution in [0.25, 0.3) is 11.4 Å². The number of piperidine rings is 1. The first-order valence-electron chi connectivity index (χ1n) is 11.0. The highest BCUT2D eigenvalue weighted by Crippen LogP contribution is 2.18. The Morgan fingerprint density at radius 1 is 1.16 bits per heavy atom. The summed E-state index contributed by atoms with van der Waals surface area (Å²) >= 11 is 0. The van der Waals surface area contributed by atoms with Crippen molar-refractivity contribution in [1.82, 2.24) is 25.3 Å². The van der Waals surface area contributed by atoms with Crippen LogP contribution < -0.4 is 5.32 Å². The lowest BCUT2D eigenvalue weighted by atomic mass is 9.99. The van der Waals surface area contributed by atoms with Crippen molar-refractivity contribution >= 4 is 5.91 Å². The van der Waals surface area contributed by atoms with Gasteiger partial charge in [-0.15, -0.1) is 0 Å². The Kier molecular flexibility index (Phi) is 7.04. The smallest absolute Gasteiger partial charge is 0.227 e. The molecule has 0 bridgehead atoms. The molecule has 1 saturated heterocycles. The van der Waals surface area contributed by atoms with Crippen LogP contribution in [0.15, 0.2) is 53.3 Å². The number of likely N-dealkylation sites (tertiary alicyclic amines) is 1. The molecule has 0 spiro atoms. The summed E-state index contributed by atoms with van der Waals surface area (Å²) in [4.78, 5) is 23.1.